The van der Waals surface area contributed by atoms with Gasteiger partial charge in [-0.3, -0.25) is 4.90 Å². The second kappa shape index (κ2) is 9.46. The van der Waals surface area contributed by atoms with Gasteiger partial charge < -0.3 is 9.84 Å². The molecule has 1 aliphatic rings. The number of carbonyl (C=O) groups excluding carboxylic acids is 1. The summed E-state index contributed by atoms with van der Waals surface area (Å²) in [6.45, 7) is 6.52. The normalized spacial score (nSPS) is 16.1. The molecule has 4 aromatic rings. The lowest BCUT2D eigenvalue weighted by Crippen LogP contribution is -2.46. The van der Waals surface area contributed by atoms with Gasteiger partial charge in [0, 0.05) is 22.7 Å². The van der Waals surface area contributed by atoms with Crippen LogP contribution in [0.4, 0.5) is 9.18 Å². The number of urea groups is 1. The summed E-state index contributed by atoms with van der Waals surface area (Å²) < 4.78 is 19.5. The van der Waals surface area contributed by atoms with E-state index in [1.165, 1.54) is 22.6 Å². The van der Waals surface area contributed by atoms with Crippen LogP contribution in [0.5, 0.6) is 0 Å². The molecule has 0 aliphatic carbocycles. The van der Waals surface area contributed by atoms with Gasteiger partial charge in [0.15, 0.2) is 0 Å². The molecule has 1 N–H and O–H groups in total. The van der Waals surface area contributed by atoms with Crippen LogP contribution in [0.2, 0.25) is 0 Å². The molecule has 5 rings (SSSR count). The lowest BCUT2D eigenvalue weighted by atomic mass is 9.92. The van der Waals surface area contributed by atoms with Crippen LogP contribution in [-0.2, 0) is 6.42 Å². The van der Waals surface area contributed by atoms with E-state index in [0.717, 1.165) is 28.8 Å². The topological polar surface area (TPSA) is 71.3 Å². The Labute approximate surface area is 207 Å². The monoisotopic (exact) mass is 488 g/mol. The van der Waals surface area contributed by atoms with Gasteiger partial charge in [-0.15, -0.1) is 11.3 Å². The number of nitrogens with zero attached hydrogens (tertiary/aromatic N) is 3. The number of thiophene rings is 1. The maximum Gasteiger partial charge on any atom is 0.322 e. The van der Waals surface area contributed by atoms with Crippen LogP contribution in [-0.4, -0.2) is 27.6 Å². The zero-order valence-electron chi connectivity index (χ0n) is 19.7. The maximum atomic E-state index is 13.8. The molecule has 35 heavy (non-hydrogen) atoms. The largest absolute Gasteiger partial charge is 0.334 e. The highest BCUT2D eigenvalue weighted by Gasteiger charge is 2.35. The summed E-state index contributed by atoms with van der Waals surface area (Å²) >= 11 is 1.67. The van der Waals surface area contributed by atoms with Gasteiger partial charge in [-0.05, 0) is 67.5 Å². The van der Waals surface area contributed by atoms with Crippen LogP contribution in [0.15, 0.2) is 70.2 Å². The average Bonchev–Trinajstić information content (AvgIpc) is 3.53. The number of benzene rings is 2. The Morgan fingerprint density at radius 1 is 1.09 bits per heavy atom. The van der Waals surface area contributed by atoms with E-state index in [-0.39, 0.29) is 11.8 Å². The number of aryl methyl sites for hydroxylation is 2. The molecule has 8 heteroatoms. The highest BCUT2D eigenvalue weighted by molar-refractivity contribution is 7.09. The minimum Gasteiger partial charge on any atom is -0.334 e. The number of rotatable bonds is 6. The van der Waals surface area contributed by atoms with Crippen molar-refractivity contribution < 1.29 is 13.7 Å². The Morgan fingerprint density at radius 2 is 1.94 bits per heavy atom. The van der Waals surface area contributed by atoms with E-state index in [9.17, 15) is 9.18 Å². The Hall–Kier alpha value is -3.78. The minimum absolute atomic E-state index is 0.170. The number of amides is 2. The van der Waals surface area contributed by atoms with E-state index in [0.29, 0.717) is 23.8 Å². The van der Waals surface area contributed by atoms with E-state index in [4.69, 9.17) is 4.52 Å². The smallest absolute Gasteiger partial charge is 0.322 e. The summed E-state index contributed by atoms with van der Waals surface area (Å²) in [6, 6.07) is 15.6. The van der Waals surface area contributed by atoms with E-state index in [1.54, 1.807) is 28.4 Å². The van der Waals surface area contributed by atoms with Crippen molar-refractivity contribution in [2.75, 3.05) is 6.54 Å². The molecule has 0 saturated carbocycles. The first-order chi connectivity index (χ1) is 16.9. The zero-order chi connectivity index (χ0) is 24.5. The molecular weight excluding hydrogens is 463 g/mol. The number of hydrogen-bond donors (Lipinski definition) is 1. The molecule has 1 unspecified atom stereocenters. The summed E-state index contributed by atoms with van der Waals surface area (Å²) in [6.07, 6.45) is 0.738. The zero-order valence-corrected chi connectivity index (χ0v) is 20.5. The molecule has 2 aromatic heterocycles. The minimum atomic E-state index is -0.458. The van der Waals surface area contributed by atoms with Crippen LogP contribution < -0.4 is 5.32 Å². The summed E-state index contributed by atoms with van der Waals surface area (Å²) in [5, 5.41) is 9.28. The van der Waals surface area contributed by atoms with Crippen molar-refractivity contribution in [2.45, 2.75) is 33.2 Å². The van der Waals surface area contributed by atoms with Gasteiger partial charge in [-0.2, -0.15) is 4.98 Å². The van der Waals surface area contributed by atoms with Crippen LogP contribution in [0.3, 0.4) is 0 Å². The Morgan fingerprint density at radius 3 is 2.69 bits per heavy atom. The van der Waals surface area contributed by atoms with Crippen molar-refractivity contribution in [3.63, 3.8) is 0 Å². The fourth-order valence-electron chi connectivity index (χ4n) is 4.28. The molecule has 1 aliphatic heterocycles. The Balaban J connectivity index is 1.57. The number of hydrogen-bond acceptors (Lipinski definition) is 5. The highest BCUT2D eigenvalue weighted by atomic mass is 32.1. The first-order valence-electron chi connectivity index (χ1n) is 11.4. The van der Waals surface area contributed by atoms with Gasteiger partial charge in [0.05, 0.1) is 11.6 Å². The highest BCUT2D eigenvalue weighted by Crippen LogP contribution is 2.38. The number of allylic oxidation sites excluding steroid dienone is 1. The summed E-state index contributed by atoms with van der Waals surface area (Å²) in [7, 11) is 0. The van der Waals surface area contributed by atoms with Crippen LogP contribution in [0.1, 0.15) is 40.4 Å². The van der Waals surface area contributed by atoms with Crippen LogP contribution in [0.25, 0.3) is 17.0 Å². The maximum absolute atomic E-state index is 13.8. The van der Waals surface area contributed by atoms with Crippen molar-refractivity contribution in [2.24, 2.45) is 0 Å². The third kappa shape index (κ3) is 4.61. The molecule has 6 nitrogen and oxygen atoms in total. The fourth-order valence-corrected chi connectivity index (χ4v) is 4.97. The molecule has 0 bridgehead atoms. The van der Waals surface area contributed by atoms with Gasteiger partial charge >= 0.3 is 6.03 Å². The molecule has 2 amide bonds. The second-order valence-corrected chi connectivity index (χ2v) is 9.67. The SMILES string of the molecule is CC1=C(c2nc(-c3cccc(F)c3)no2)C(c2ccc(C)c(C)c2)NC(=O)N1CCc1cccs1. The van der Waals surface area contributed by atoms with Crippen molar-refractivity contribution in [3.8, 4) is 11.4 Å². The predicted octanol–water partition coefficient (Wildman–Crippen LogP) is 6.29. The number of aromatic nitrogens is 2. The third-order valence-electron chi connectivity index (χ3n) is 6.36. The number of nitrogens with one attached hydrogen (secondary N) is 1. The summed E-state index contributed by atoms with van der Waals surface area (Å²) in [5.41, 5.74) is 5.23. The molecule has 178 valence electrons. The van der Waals surface area contributed by atoms with Crippen molar-refractivity contribution in [3.05, 3.63) is 98.9 Å². The van der Waals surface area contributed by atoms with E-state index < -0.39 is 6.04 Å². The molecule has 3 heterocycles. The molecule has 0 radical (unpaired) electrons. The number of carbonyl (C=O) groups is 1. The van der Waals surface area contributed by atoms with Crippen LogP contribution in [0, 0.1) is 19.7 Å². The first-order valence-corrected chi connectivity index (χ1v) is 12.3. The van der Waals surface area contributed by atoms with Crippen LogP contribution >= 0.6 is 11.3 Å². The van der Waals surface area contributed by atoms with Gasteiger partial charge in [-0.25, -0.2) is 9.18 Å². The molecule has 0 saturated heterocycles. The van der Waals surface area contributed by atoms with Gasteiger partial charge in [-0.1, -0.05) is 41.6 Å². The molecule has 1 atom stereocenters. The molecule has 0 fully saturated rings. The Bertz CT molecular complexity index is 1410. The lowest BCUT2D eigenvalue weighted by molar-refractivity contribution is 0.205. The predicted molar refractivity (Wildman–Crippen MR) is 134 cm³/mol. The molecular formula is C27H25FN4O2S. The molecule has 0 spiro atoms. The third-order valence-corrected chi connectivity index (χ3v) is 7.30. The average molecular weight is 489 g/mol. The van der Waals surface area contributed by atoms with Gasteiger partial charge in [0.25, 0.3) is 5.89 Å². The quantitative estimate of drug-likeness (QED) is 0.346. The van der Waals surface area contributed by atoms with Gasteiger partial charge in [0.1, 0.15) is 5.82 Å². The summed E-state index contributed by atoms with van der Waals surface area (Å²) in [5.74, 6) is 0.216. The van der Waals surface area contributed by atoms with Crippen molar-refractivity contribution in [1.82, 2.24) is 20.4 Å². The van der Waals surface area contributed by atoms with Gasteiger partial charge in [0.2, 0.25) is 5.82 Å². The number of halogens is 1. The summed E-state index contributed by atoms with van der Waals surface area (Å²) in [4.78, 5) is 20.7. The van der Waals surface area contributed by atoms with E-state index in [1.807, 2.05) is 37.4 Å². The van der Waals surface area contributed by atoms with E-state index in [2.05, 4.69) is 34.5 Å². The van der Waals surface area contributed by atoms with Crippen molar-refractivity contribution in [1.29, 1.82) is 0 Å². The van der Waals surface area contributed by atoms with Crippen molar-refractivity contribution >= 4 is 22.9 Å². The van der Waals surface area contributed by atoms with E-state index >= 15 is 0 Å². The second-order valence-electron chi connectivity index (χ2n) is 8.64. The molecule has 2 aromatic carbocycles. The Kier molecular flexibility index (Phi) is 6.21. The fraction of sp³-hybridized carbons (Fsp3) is 0.222. The lowest BCUT2D eigenvalue weighted by Gasteiger charge is -2.35. The standard InChI is InChI=1S/C27H25FN4O2S/c1-16-9-10-19(14-17(16)2)24-23(26-30-25(31-34-26)20-6-4-7-21(28)15-20)18(3)32(27(33)29-24)12-11-22-8-5-13-35-22/h4-10,13-15,24H,11-12H2,1-3H3,(H,29,33). The first kappa shape index (κ1) is 23.0.